The third-order valence-corrected chi connectivity index (χ3v) is 3.29. The first-order valence-electron chi connectivity index (χ1n) is 6.32. The van der Waals surface area contributed by atoms with Crippen molar-refractivity contribution in [3.63, 3.8) is 0 Å². The van der Waals surface area contributed by atoms with Crippen LogP contribution in [0.25, 0.3) is 10.8 Å². The van der Waals surface area contributed by atoms with Crippen molar-refractivity contribution in [1.29, 1.82) is 0 Å². The molecule has 0 heterocycles. The van der Waals surface area contributed by atoms with Crippen LogP contribution in [0.15, 0.2) is 66.7 Å². The minimum atomic E-state index is -0.0566. The molecule has 0 unspecified atom stereocenters. The number of rotatable bonds is 3. The predicted octanol–water partition coefficient (Wildman–Crippen LogP) is 3.87. The summed E-state index contributed by atoms with van der Waals surface area (Å²) in [7, 11) is 0. The molecule has 3 heteroatoms. The van der Waals surface area contributed by atoms with E-state index in [1.165, 1.54) is 0 Å². The molecule has 0 aliphatic carbocycles. The highest BCUT2D eigenvalue weighted by molar-refractivity contribution is 6.16. The maximum absolute atomic E-state index is 12.6. The molecule has 0 aliphatic rings. The molecule has 3 rings (SSSR count). The summed E-state index contributed by atoms with van der Waals surface area (Å²) in [5.41, 5.74) is 3.76. The van der Waals surface area contributed by atoms with Gasteiger partial charge in [-0.1, -0.05) is 54.6 Å². The Morgan fingerprint density at radius 2 is 1.65 bits per heavy atom. The lowest BCUT2D eigenvalue weighted by atomic mass is 9.97. The molecule has 0 aromatic heterocycles. The molecule has 0 saturated heterocycles. The third kappa shape index (κ3) is 2.15. The number of hydrogen-bond acceptors (Lipinski definition) is 3. The smallest absolute Gasteiger partial charge is 0.193 e. The van der Waals surface area contributed by atoms with Crippen LogP contribution >= 0.6 is 0 Å². The summed E-state index contributed by atoms with van der Waals surface area (Å²) in [6.45, 7) is 0. The Labute approximate surface area is 116 Å². The van der Waals surface area contributed by atoms with Gasteiger partial charge in [0.1, 0.15) is 0 Å². The normalized spacial score (nSPS) is 10.4. The van der Waals surface area contributed by atoms with Gasteiger partial charge < -0.3 is 0 Å². The van der Waals surface area contributed by atoms with E-state index >= 15 is 0 Å². The second-order valence-electron chi connectivity index (χ2n) is 4.55. The SMILES string of the molecule is O=C(c1cccc(NO)c1)c1cccc2ccccc12. The van der Waals surface area contributed by atoms with Crippen molar-refractivity contribution in [3.05, 3.63) is 77.9 Å². The topological polar surface area (TPSA) is 49.3 Å². The molecule has 3 aromatic carbocycles. The summed E-state index contributed by atoms with van der Waals surface area (Å²) in [4.78, 5) is 12.6. The van der Waals surface area contributed by atoms with Gasteiger partial charge in [-0.05, 0) is 22.9 Å². The Morgan fingerprint density at radius 3 is 2.50 bits per heavy atom. The van der Waals surface area contributed by atoms with Crippen molar-refractivity contribution in [3.8, 4) is 0 Å². The molecular weight excluding hydrogens is 250 g/mol. The maximum Gasteiger partial charge on any atom is 0.193 e. The number of carbonyl (C=O) groups excluding carboxylic acids is 1. The van der Waals surface area contributed by atoms with E-state index in [0.717, 1.165) is 10.8 Å². The lowest BCUT2D eigenvalue weighted by molar-refractivity contribution is 0.104. The van der Waals surface area contributed by atoms with Crippen LogP contribution in [0.5, 0.6) is 0 Å². The lowest BCUT2D eigenvalue weighted by Crippen LogP contribution is -2.03. The first kappa shape index (κ1) is 12.4. The molecule has 0 saturated carbocycles. The number of ketones is 1. The van der Waals surface area contributed by atoms with Crippen molar-refractivity contribution in [2.24, 2.45) is 0 Å². The predicted molar refractivity (Wildman–Crippen MR) is 79.2 cm³/mol. The molecule has 98 valence electrons. The van der Waals surface area contributed by atoms with E-state index in [9.17, 15) is 4.79 Å². The molecule has 0 aliphatic heterocycles. The van der Waals surface area contributed by atoms with Gasteiger partial charge in [-0.2, -0.15) is 0 Å². The third-order valence-electron chi connectivity index (χ3n) is 3.29. The molecule has 2 N–H and O–H groups in total. The molecule has 0 spiro atoms. The van der Waals surface area contributed by atoms with Crippen molar-refractivity contribution in [2.75, 3.05) is 5.48 Å². The van der Waals surface area contributed by atoms with E-state index < -0.39 is 0 Å². The van der Waals surface area contributed by atoms with E-state index in [-0.39, 0.29) is 5.78 Å². The van der Waals surface area contributed by atoms with Crippen molar-refractivity contribution in [2.45, 2.75) is 0 Å². The van der Waals surface area contributed by atoms with Crippen molar-refractivity contribution < 1.29 is 10.0 Å². The molecule has 0 radical (unpaired) electrons. The van der Waals surface area contributed by atoms with Gasteiger partial charge in [0.25, 0.3) is 0 Å². The average molecular weight is 263 g/mol. The van der Waals surface area contributed by atoms with Crippen LogP contribution in [-0.4, -0.2) is 11.0 Å². The zero-order valence-corrected chi connectivity index (χ0v) is 10.7. The van der Waals surface area contributed by atoms with Gasteiger partial charge in [-0.25, -0.2) is 0 Å². The van der Waals surface area contributed by atoms with E-state index in [4.69, 9.17) is 5.21 Å². The number of fused-ring (bicyclic) bond motifs is 1. The number of anilines is 1. The molecule has 20 heavy (non-hydrogen) atoms. The lowest BCUT2D eigenvalue weighted by Gasteiger charge is -2.07. The van der Waals surface area contributed by atoms with Crippen LogP contribution < -0.4 is 5.48 Å². The summed E-state index contributed by atoms with van der Waals surface area (Å²) >= 11 is 0. The second kappa shape index (κ2) is 5.15. The zero-order valence-electron chi connectivity index (χ0n) is 10.7. The average Bonchev–Trinajstić information content (AvgIpc) is 2.53. The molecule has 3 aromatic rings. The number of hydrogen-bond donors (Lipinski definition) is 2. The largest absolute Gasteiger partial charge is 0.291 e. The fourth-order valence-corrected chi connectivity index (χ4v) is 2.31. The summed E-state index contributed by atoms with van der Waals surface area (Å²) in [5.74, 6) is -0.0566. The first-order chi connectivity index (χ1) is 9.79. The van der Waals surface area contributed by atoms with Crippen LogP contribution in [-0.2, 0) is 0 Å². The zero-order chi connectivity index (χ0) is 13.9. The molecule has 0 fully saturated rings. The van der Waals surface area contributed by atoms with Crippen molar-refractivity contribution in [1.82, 2.24) is 0 Å². The highest BCUT2D eigenvalue weighted by atomic mass is 16.5. The fraction of sp³-hybridized carbons (Fsp3) is 0. The Hall–Kier alpha value is -2.65. The summed E-state index contributed by atoms with van der Waals surface area (Å²) < 4.78 is 0. The monoisotopic (exact) mass is 263 g/mol. The van der Waals surface area contributed by atoms with E-state index in [1.807, 2.05) is 42.5 Å². The summed E-state index contributed by atoms with van der Waals surface area (Å²) in [6, 6.07) is 20.3. The van der Waals surface area contributed by atoms with Gasteiger partial charge in [-0.3, -0.25) is 15.5 Å². The standard InChI is InChI=1S/C17H13NO2/c19-17(13-7-3-8-14(11-13)18-20)16-10-4-6-12-5-1-2-9-15(12)16/h1-11,18,20H. The highest BCUT2D eigenvalue weighted by Crippen LogP contribution is 2.22. The van der Waals surface area contributed by atoms with Gasteiger partial charge in [0, 0.05) is 11.1 Å². The first-order valence-corrected chi connectivity index (χ1v) is 6.32. The quantitative estimate of drug-likeness (QED) is 0.557. The summed E-state index contributed by atoms with van der Waals surface area (Å²) in [6.07, 6.45) is 0. The Kier molecular flexibility index (Phi) is 3.19. The minimum absolute atomic E-state index is 0.0566. The van der Waals surface area contributed by atoms with Gasteiger partial charge in [0.2, 0.25) is 0 Å². The van der Waals surface area contributed by atoms with Crippen molar-refractivity contribution >= 4 is 22.2 Å². The number of benzene rings is 3. The van der Waals surface area contributed by atoms with E-state index in [0.29, 0.717) is 16.8 Å². The molecule has 0 atom stereocenters. The fourth-order valence-electron chi connectivity index (χ4n) is 2.31. The minimum Gasteiger partial charge on any atom is -0.291 e. The highest BCUT2D eigenvalue weighted by Gasteiger charge is 2.12. The Bertz CT molecular complexity index is 775. The molecular formula is C17H13NO2. The number of nitrogens with one attached hydrogen (secondary N) is 1. The van der Waals surface area contributed by atoms with Crippen LogP contribution in [0.4, 0.5) is 5.69 Å². The molecule has 0 bridgehead atoms. The maximum atomic E-state index is 12.6. The number of carbonyl (C=O) groups is 1. The molecule has 0 amide bonds. The van der Waals surface area contributed by atoms with Crippen LogP contribution in [0.3, 0.4) is 0 Å². The van der Waals surface area contributed by atoms with Crippen LogP contribution in [0.2, 0.25) is 0 Å². The summed E-state index contributed by atoms with van der Waals surface area (Å²) in [5, 5.41) is 10.9. The molecule has 3 nitrogen and oxygen atoms in total. The van der Waals surface area contributed by atoms with Gasteiger partial charge in [0.15, 0.2) is 5.78 Å². The van der Waals surface area contributed by atoms with Gasteiger partial charge >= 0.3 is 0 Å². The Morgan fingerprint density at radius 1 is 0.900 bits per heavy atom. The van der Waals surface area contributed by atoms with Crippen LogP contribution in [0, 0.1) is 0 Å². The van der Waals surface area contributed by atoms with Gasteiger partial charge in [0.05, 0.1) is 5.69 Å². The van der Waals surface area contributed by atoms with Crippen LogP contribution in [0.1, 0.15) is 15.9 Å². The Balaban J connectivity index is 2.12. The van der Waals surface area contributed by atoms with Gasteiger partial charge in [-0.15, -0.1) is 0 Å². The van der Waals surface area contributed by atoms with E-state index in [1.54, 1.807) is 24.3 Å². The second-order valence-corrected chi connectivity index (χ2v) is 4.55. The van der Waals surface area contributed by atoms with E-state index in [2.05, 4.69) is 5.48 Å².